The lowest BCUT2D eigenvalue weighted by atomic mass is 9.88. The molecular formula is C61H64O24S8. The highest BCUT2D eigenvalue weighted by molar-refractivity contribution is 7.88. The Balaban J connectivity index is 0.000000226. The van der Waals surface area contributed by atoms with E-state index in [9.17, 15) is 67.3 Å². The van der Waals surface area contributed by atoms with Crippen LogP contribution in [0.15, 0.2) is 270 Å². The fraction of sp³-hybridized carbons (Fsp3) is 0.213. The molecule has 0 saturated heterocycles. The molecule has 0 bridgehead atoms. The fourth-order valence-corrected chi connectivity index (χ4v) is 15.3. The van der Waals surface area contributed by atoms with Gasteiger partial charge in [0.2, 0.25) is 0 Å². The van der Waals surface area contributed by atoms with Crippen LogP contribution in [-0.2, 0) is 114 Å². The summed E-state index contributed by atoms with van der Waals surface area (Å²) in [6, 6.07) is 55.8. The molecule has 0 aliphatic carbocycles. The van der Waals surface area contributed by atoms with Gasteiger partial charge in [-0.15, -0.1) is 0 Å². The first-order valence-electron chi connectivity index (χ1n) is 27.4. The lowest BCUT2D eigenvalue weighted by Crippen LogP contribution is -2.39. The van der Waals surface area contributed by atoms with Crippen molar-refractivity contribution in [3.8, 4) is 0 Å². The monoisotopic (exact) mass is 1440 g/mol. The van der Waals surface area contributed by atoms with E-state index in [1.54, 1.807) is 67.6 Å². The maximum Gasteiger partial charge on any atom is 0.297 e. The van der Waals surface area contributed by atoms with Gasteiger partial charge < -0.3 is 0 Å². The van der Waals surface area contributed by atoms with E-state index in [1.165, 1.54) is 170 Å². The predicted molar refractivity (Wildman–Crippen MR) is 338 cm³/mol. The van der Waals surface area contributed by atoms with E-state index in [0.29, 0.717) is 0 Å². The summed E-state index contributed by atoms with van der Waals surface area (Å²) in [5, 5.41) is 0. The van der Waals surface area contributed by atoms with Gasteiger partial charge in [0.15, 0.2) is 0 Å². The number of aryl methyl sites for hydroxylation is 2. The van der Waals surface area contributed by atoms with E-state index in [1.807, 2.05) is 13.8 Å². The van der Waals surface area contributed by atoms with Crippen LogP contribution in [0.4, 0.5) is 0 Å². The Hall–Kier alpha value is -6.96. The van der Waals surface area contributed by atoms with Crippen molar-refractivity contribution >= 4 is 80.9 Å². The van der Waals surface area contributed by atoms with Crippen molar-refractivity contribution in [1.29, 1.82) is 0 Å². The van der Waals surface area contributed by atoms with E-state index in [-0.39, 0.29) is 45.6 Å². The highest BCUT2D eigenvalue weighted by Gasteiger charge is 2.37. The molecule has 0 amide bonds. The molecule has 0 atom stereocenters. The molecule has 0 heterocycles. The van der Waals surface area contributed by atoms with Gasteiger partial charge in [-0.1, -0.05) is 152 Å². The quantitative estimate of drug-likeness (QED) is 0.0290. The summed E-state index contributed by atoms with van der Waals surface area (Å²) in [5.74, 6) is 0. The average molecular weight is 1440 g/mol. The minimum Gasteiger partial charge on any atom is -0.266 e. The number of rotatable bonds is 31. The summed E-state index contributed by atoms with van der Waals surface area (Å²) >= 11 is 0. The average Bonchev–Trinajstić information content (AvgIpc) is 1.02. The van der Waals surface area contributed by atoms with Gasteiger partial charge in [0.25, 0.3) is 80.9 Å². The molecule has 32 heteroatoms. The molecular weight excluding hydrogens is 1370 g/mol. The van der Waals surface area contributed by atoms with Crippen LogP contribution in [0.25, 0.3) is 0 Å². The number of hydrogen-bond acceptors (Lipinski definition) is 24. The molecule has 0 aromatic heterocycles. The van der Waals surface area contributed by atoms with Crippen molar-refractivity contribution in [1.82, 2.24) is 0 Å². The summed E-state index contributed by atoms with van der Waals surface area (Å²) in [6.07, 6.45) is -1.52. The van der Waals surface area contributed by atoms with Gasteiger partial charge >= 0.3 is 0 Å². The van der Waals surface area contributed by atoms with Crippen LogP contribution in [0.3, 0.4) is 0 Å². The Morgan fingerprint density at radius 2 is 0.473 bits per heavy atom. The van der Waals surface area contributed by atoms with Crippen molar-refractivity contribution in [3.05, 3.63) is 242 Å². The first kappa shape index (κ1) is 75.1. The summed E-state index contributed by atoms with van der Waals surface area (Å²) in [5.41, 5.74) is 0.383. The van der Waals surface area contributed by atoms with Crippen LogP contribution in [0.2, 0.25) is 0 Å². The van der Waals surface area contributed by atoms with E-state index in [4.69, 9.17) is 33.5 Å². The third-order valence-electron chi connectivity index (χ3n) is 12.8. The molecule has 93 heavy (non-hydrogen) atoms. The Morgan fingerprint density at radius 3 is 0.710 bits per heavy atom. The second kappa shape index (κ2) is 33.4. The molecule has 0 saturated carbocycles. The molecule has 500 valence electrons. The minimum atomic E-state index is -4.37. The van der Waals surface area contributed by atoms with Gasteiger partial charge in [-0.25, -0.2) is 0 Å². The molecule has 0 spiro atoms. The van der Waals surface area contributed by atoms with Gasteiger partial charge in [0, 0.05) is 5.41 Å². The Bertz CT molecular complexity index is 4290. The molecule has 8 rings (SSSR count). The highest BCUT2D eigenvalue weighted by atomic mass is 32.3. The van der Waals surface area contributed by atoms with E-state index in [0.717, 1.165) is 11.1 Å². The van der Waals surface area contributed by atoms with Crippen molar-refractivity contribution in [3.63, 3.8) is 0 Å². The van der Waals surface area contributed by atoms with Crippen LogP contribution in [0.5, 0.6) is 0 Å². The maximum absolute atomic E-state index is 12.7. The van der Waals surface area contributed by atoms with E-state index >= 15 is 0 Å². The molecule has 0 aliphatic rings. The van der Waals surface area contributed by atoms with Crippen LogP contribution in [0, 0.1) is 19.3 Å². The van der Waals surface area contributed by atoms with Crippen molar-refractivity contribution in [2.45, 2.75) is 72.5 Å². The molecule has 8 aromatic rings. The second-order valence-electron chi connectivity index (χ2n) is 19.7. The van der Waals surface area contributed by atoms with Gasteiger partial charge in [0.1, 0.15) is 6.10 Å². The molecule has 0 radical (unpaired) electrons. The van der Waals surface area contributed by atoms with Gasteiger partial charge in [0.05, 0.1) is 85.4 Å². The molecule has 0 fully saturated rings. The number of benzene rings is 8. The molecule has 0 aliphatic heterocycles. The molecule has 8 aromatic carbocycles. The normalized spacial score (nSPS) is 12.6. The van der Waals surface area contributed by atoms with Crippen LogP contribution in [-0.4, -0.2) is 120 Å². The largest absolute Gasteiger partial charge is 0.297 e. The van der Waals surface area contributed by atoms with Crippen LogP contribution < -0.4 is 0 Å². The zero-order valence-electron chi connectivity index (χ0n) is 49.7. The lowest BCUT2D eigenvalue weighted by Gasteiger charge is -2.31. The number of hydrogen-bond donors (Lipinski definition) is 0. The van der Waals surface area contributed by atoms with E-state index in [2.05, 4.69) is 0 Å². The van der Waals surface area contributed by atoms with Gasteiger partial charge in [-0.3, -0.25) is 33.5 Å². The van der Waals surface area contributed by atoms with Crippen LogP contribution >= 0.6 is 0 Å². The molecule has 0 unspecified atom stereocenters. The van der Waals surface area contributed by atoms with Crippen LogP contribution in [0.1, 0.15) is 24.5 Å². The van der Waals surface area contributed by atoms with E-state index < -0.39 is 139 Å². The Kier molecular flexibility index (Phi) is 27.0. The third-order valence-corrected chi connectivity index (χ3v) is 23.2. The first-order chi connectivity index (χ1) is 43.8. The topological polar surface area (TPSA) is 347 Å². The Morgan fingerprint density at radius 1 is 0.269 bits per heavy atom. The third kappa shape index (κ3) is 23.2. The summed E-state index contributed by atoms with van der Waals surface area (Å²) < 4.78 is 239. The summed E-state index contributed by atoms with van der Waals surface area (Å²) in [6.45, 7) is 1.10. The molecule has 24 nitrogen and oxygen atoms in total. The fourth-order valence-electron chi connectivity index (χ4n) is 7.40. The maximum atomic E-state index is 12.7. The zero-order valence-corrected chi connectivity index (χ0v) is 56.3. The Labute approximate surface area is 543 Å². The molecule has 0 N–H and O–H groups in total. The zero-order chi connectivity index (χ0) is 68.0. The van der Waals surface area contributed by atoms with Crippen molar-refractivity contribution in [2.24, 2.45) is 5.41 Å². The smallest absolute Gasteiger partial charge is 0.266 e. The SMILES string of the molecule is CCC(COS(=O)(=O)c1ccccc1)(COS(=O)(=O)c1ccccc1)COS(=O)(=O)c1ccccc1.Cc1ccc(S(=O)(=O)OCCOS(=O)(=O)c2ccc(C)cc2)cc1.O=S(=O)(OCC(COS(=O)(=O)c1ccccc1)OS(=O)(=O)c1ccccc1)c1ccccc1. The second-order valence-corrected chi connectivity index (χ2v) is 32.6. The highest BCUT2D eigenvalue weighted by Crippen LogP contribution is 2.30. The summed E-state index contributed by atoms with van der Waals surface area (Å²) in [4.78, 5) is -0.822. The van der Waals surface area contributed by atoms with Crippen molar-refractivity contribution in [2.75, 3.05) is 46.2 Å². The van der Waals surface area contributed by atoms with Gasteiger partial charge in [-0.05, 0) is 117 Å². The minimum absolute atomic E-state index is 0.00879. The first-order valence-corrected chi connectivity index (χ1v) is 38.7. The summed E-state index contributed by atoms with van der Waals surface area (Å²) in [7, 11) is -33.5. The van der Waals surface area contributed by atoms with Gasteiger partial charge in [-0.2, -0.15) is 67.3 Å². The lowest BCUT2D eigenvalue weighted by molar-refractivity contribution is 0.0363. The predicted octanol–water partition coefficient (Wildman–Crippen LogP) is 8.59. The van der Waals surface area contributed by atoms with Crippen molar-refractivity contribution < 1.29 is 101 Å². The standard InChI is InChI=1S/C24H26O9S3.C21H20O9S3.C16H18O6S2/c1-2-24(18-31-34(25,26)21-12-6-3-7-13-21,19-32-35(27,28)22-14-8-4-9-15-22)20-33-36(29,30)23-16-10-5-11-17-23;22-31(23,19-10-4-1-5-11-19)28-16-18(30-33(26,27)21-14-8-3-9-15-21)17-29-32(24,25)20-12-6-2-7-13-20;1-13-3-7-15(8-4-13)23(17,18)21-11-12-22-24(19,20)16-9-5-14(2)6-10-16/h3-17H,2,18-20H2,1H3;1-15,18H,16-17H2;3-10H,11-12H2,1-2H3.